The van der Waals surface area contributed by atoms with E-state index in [9.17, 15) is 9.59 Å². The first kappa shape index (κ1) is 22.8. The normalized spacial score (nSPS) is 22.1. The van der Waals surface area contributed by atoms with Crippen molar-refractivity contribution in [1.29, 1.82) is 0 Å². The molecule has 1 saturated carbocycles. The van der Waals surface area contributed by atoms with Gasteiger partial charge in [-0.05, 0) is 25.7 Å². The smallest absolute Gasteiger partial charge is 0.243 e. The summed E-state index contributed by atoms with van der Waals surface area (Å²) in [5.41, 5.74) is 0. The molecule has 0 unspecified atom stereocenters. The summed E-state index contributed by atoms with van der Waals surface area (Å²) >= 11 is 0. The third-order valence-corrected chi connectivity index (χ3v) is 6.54. The Hall–Kier alpha value is -1.83. The maximum absolute atomic E-state index is 12.7. The van der Waals surface area contributed by atoms with Crippen LogP contribution in [0.25, 0.3) is 0 Å². The van der Waals surface area contributed by atoms with E-state index in [2.05, 4.69) is 25.0 Å². The van der Waals surface area contributed by atoms with Gasteiger partial charge in [0.05, 0.1) is 6.54 Å². The van der Waals surface area contributed by atoms with Crippen molar-refractivity contribution in [1.82, 2.24) is 24.9 Å². The van der Waals surface area contributed by atoms with Crippen LogP contribution in [0.1, 0.15) is 51.4 Å². The van der Waals surface area contributed by atoms with Crippen LogP contribution in [0.5, 0.6) is 0 Å². The van der Waals surface area contributed by atoms with Crippen LogP contribution >= 0.6 is 0 Å². The Morgan fingerprint density at radius 1 is 0.867 bits per heavy atom. The molecule has 8 heteroatoms. The molecule has 0 spiro atoms. The van der Waals surface area contributed by atoms with Crippen molar-refractivity contribution in [2.45, 2.75) is 57.4 Å². The number of nitrogens with one attached hydrogen (secondary N) is 1. The summed E-state index contributed by atoms with van der Waals surface area (Å²) in [5, 5.41) is 3.61. The number of likely N-dealkylation sites (tertiary alicyclic amines) is 1. The number of guanidine groups is 1. The zero-order valence-corrected chi connectivity index (χ0v) is 18.9. The van der Waals surface area contributed by atoms with E-state index in [1.165, 1.54) is 38.5 Å². The minimum atomic E-state index is 0.0161. The van der Waals surface area contributed by atoms with E-state index in [4.69, 9.17) is 0 Å². The van der Waals surface area contributed by atoms with Crippen LogP contribution in [0.15, 0.2) is 4.99 Å². The highest BCUT2D eigenvalue weighted by atomic mass is 16.2. The van der Waals surface area contributed by atoms with Crippen LogP contribution in [0.3, 0.4) is 0 Å². The second-order valence-electron chi connectivity index (χ2n) is 9.11. The van der Waals surface area contributed by atoms with Crippen LogP contribution in [0, 0.1) is 0 Å². The maximum atomic E-state index is 12.7. The quantitative estimate of drug-likeness (QED) is 0.530. The Morgan fingerprint density at radius 2 is 1.50 bits per heavy atom. The van der Waals surface area contributed by atoms with Crippen LogP contribution in [0.4, 0.5) is 0 Å². The Bertz CT molecular complexity index is 586. The number of hydrogen-bond acceptors (Lipinski definition) is 4. The Balaban J connectivity index is 1.51. The predicted octanol–water partition coefficient (Wildman–Crippen LogP) is 0.983. The van der Waals surface area contributed by atoms with Crippen molar-refractivity contribution in [2.75, 3.05) is 66.5 Å². The fraction of sp³-hybridized carbons (Fsp3) is 0.864. The number of amides is 2. The summed E-state index contributed by atoms with van der Waals surface area (Å²) in [6.07, 6.45) is 9.62. The van der Waals surface area contributed by atoms with E-state index in [-0.39, 0.29) is 18.4 Å². The summed E-state index contributed by atoms with van der Waals surface area (Å²) in [6.45, 7) is 5.91. The van der Waals surface area contributed by atoms with Crippen molar-refractivity contribution >= 4 is 17.8 Å². The largest absolute Gasteiger partial charge is 0.353 e. The van der Waals surface area contributed by atoms with Crippen molar-refractivity contribution in [2.24, 2.45) is 4.99 Å². The van der Waals surface area contributed by atoms with Crippen LogP contribution in [-0.4, -0.2) is 110 Å². The number of rotatable bonds is 5. The minimum absolute atomic E-state index is 0.0161. The SMILES string of the molecule is CN(C)C(=O)CN=C(NC1CCCC1)N1CCN(CC(=O)N2CCCCCC2)CC1. The number of likely N-dealkylation sites (N-methyl/N-ethyl adjacent to an activating group) is 1. The van der Waals surface area contributed by atoms with Gasteiger partial charge in [-0.25, -0.2) is 4.99 Å². The number of piperazine rings is 1. The van der Waals surface area contributed by atoms with E-state index < -0.39 is 0 Å². The van der Waals surface area contributed by atoms with Crippen molar-refractivity contribution in [3.05, 3.63) is 0 Å². The zero-order chi connectivity index (χ0) is 21.3. The molecule has 2 amide bonds. The standard InChI is InChI=1S/C22H40N6O2/c1-25(2)20(29)17-23-22(24-19-9-5-6-10-19)28-15-13-26(14-16-28)18-21(30)27-11-7-3-4-8-12-27/h19H,3-18H2,1-2H3,(H,23,24). The van der Waals surface area contributed by atoms with Crippen molar-refractivity contribution < 1.29 is 9.59 Å². The van der Waals surface area contributed by atoms with Gasteiger partial charge in [0.15, 0.2) is 5.96 Å². The summed E-state index contributed by atoms with van der Waals surface area (Å²) in [5.74, 6) is 1.15. The van der Waals surface area contributed by atoms with Gasteiger partial charge in [-0.1, -0.05) is 25.7 Å². The van der Waals surface area contributed by atoms with Gasteiger partial charge in [-0.3, -0.25) is 14.5 Å². The lowest BCUT2D eigenvalue weighted by molar-refractivity contribution is -0.132. The first-order chi connectivity index (χ1) is 14.5. The Morgan fingerprint density at radius 3 is 2.10 bits per heavy atom. The highest BCUT2D eigenvalue weighted by Gasteiger charge is 2.26. The molecule has 2 aliphatic heterocycles. The molecule has 0 aromatic heterocycles. The van der Waals surface area contributed by atoms with E-state index in [1.54, 1.807) is 19.0 Å². The molecule has 1 aliphatic carbocycles. The van der Waals surface area contributed by atoms with Gasteiger partial charge in [0, 0.05) is 59.4 Å². The summed E-state index contributed by atoms with van der Waals surface area (Å²) in [7, 11) is 3.53. The molecule has 0 aromatic rings. The van der Waals surface area contributed by atoms with Crippen molar-refractivity contribution in [3.8, 4) is 0 Å². The highest BCUT2D eigenvalue weighted by Crippen LogP contribution is 2.18. The molecule has 0 radical (unpaired) electrons. The van der Waals surface area contributed by atoms with E-state index in [1.807, 2.05) is 0 Å². The van der Waals surface area contributed by atoms with Gasteiger partial charge in [0.25, 0.3) is 0 Å². The third-order valence-electron chi connectivity index (χ3n) is 6.54. The third kappa shape index (κ3) is 6.86. The number of carbonyl (C=O) groups is 2. The fourth-order valence-corrected chi connectivity index (χ4v) is 4.50. The molecule has 1 N–H and O–H groups in total. The second-order valence-corrected chi connectivity index (χ2v) is 9.11. The Labute approximate surface area is 181 Å². The minimum Gasteiger partial charge on any atom is -0.353 e. The van der Waals surface area contributed by atoms with E-state index in [0.29, 0.717) is 12.6 Å². The van der Waals surface area contributed by atoms with Crippen LogP contribution in [0.2, 0.25) is 0 Å². The van der Waals surface area contributed by atoms with Gasteiger partial charge in [-0.2, -0.15) is 0 Å². The highest BCUT2D eigenvalue weighted by molar-refractivity contribution is 5.85. The van der Waals surface area contributed by atoms with E-state index >= 15 is 0 Å². The molecular weight excluding hydrogens is 380 g/mol. The average Bonchev–Trinajstić information content (AvgIpc) is 3.10. The molecule has 3 aliphatic rings. The molecule has 8 nitrogen and oxygen atoms in total. The topological polar surface area (TPSA) is 71.5 Å². The summed E-state index contributed by atoms with van der Waals surface area (Å²) < 4.78 is 0. The summed E-state index contributed by atoms with van der Waals surface area (Å²) in [4.78, 5) is 37.6. The predicted molar refractivity (Wildman–Crippen MR) is 119 cm³/mol. The lowest BCUT2D eigenvalue weighted by atomic mass is 10.2. The molecule has 0 atom stereocenters. The average molecular weight is 421 g/mol. The molecule has 2 saturated heterocycles. The summed E-state index contributed by atoms with van der Waals surface area (Å²) in [6, 6.07) is 0.459. The molecule has 170 valence electrons. The number of hydrogen-bond donors (Lipinski definition) is 1. The first-order valence-electron chi connectivity index (χ1n) is 11.8. The molecular formula is C22H40N6O2. The van der Waals surface area contributed by atoms with Gasteiger partial charge >= 0.3 is 0 Å². The second kappa shape index (κ2) is 11.5. The zero-order valence-electron chi connectivity index (χ0n) is 18.9. The Kier molecular flexibility index (Phi) is 8.78. The van der Waals surface area contributed by atoms with Crippen LogP contribution in [-0.2, 0) is 9.59 Å². The molecule has 0 aromatic carbocycles. The maximum Gasteiger partial charge on any atom is 0.243 e. The fourth-order valence-electron chi connectivity index (χ4n) is 4.50. The first-order valence-corrected chi connectivity index (χ1v) is 11.8. The van der Waals surface area contributed by atoms with Gasteiger partial charge in [-0.15, -0.1) is 0 Å². The number of aliphatic imine (C=N–C) groups is 1. The van der Waals surface area contributed by atoms with E-state index in [0.717, 1.165) is 58.1 Å². The van der Waals surface area contributed by atoms with Gasteiger partial charge < -0.3 is 20.0 Å². The molecule has 3 rings (SSSR count). The van der Waals surface area contributed by atoms with Crippen molar-refractivity contribution in [3.63, 3.8) is 0 Å². The van der Waals surface area contributed by atoms with Gasteiger partial charge in [0.2, 0.25) is 11.8 Å². The molecule has 2 heterocycles. The molecule has 0 bridgehead atoms. The number of carbonyl (C=O) groups excluding carboxylic acids is 2. The number of nitrogens with zero attached hydrogens (tertiary/aromatic N) is 5. The lowest BCUT2D eigenvalue weighted by Crippen LogP contribution is -2.55. The lowest BCUT2D eigenvalue weighted by Gasteiger charge is -2.37. The molecule has 30 heavy (non-hydrogen) atoms. The monoisotopic (exact) mass is 420 g/mol. The van der Waals surface area contributed by atoms with Crippen LogP contribution < -0.4 is 5.32 Å². The van der Waals surface area contributed by atoms with Gasteiger partial charge in [0.1, 0.15) is 6.54 Å². The molecule has 3 fully saturated rings.